The van der Waals surface area contributed by atoms with E-state index in [0.29, 0.717) is 39.4 Å². The molecule has 0 unspecified atom stereocenters. The van der Waals surface area contributed by atoms with Crippen LogP contribution < -0.4 is 20.7 Å². The van der Waals surface area contributed by atoms with Crippen LogP contribution in [0.3, 0.4) is 0 Å². The fraction of sp³-hybridized carbons (Fsp3) is 0.185. The third-order valence-corrected chi connectivity index (χ3v) is 5.84. The van der Waals surface area contributed by atoms with Gasteiger partial charge in [0.05, 0.1) is 42.5 Å². The van der Waals surface area contributed by atoms with Crippen molar-refractivity contribution in [1.82, 2.24) is 9.97 Å². The predicted octanol–water partition coefficient (Wildman–Crippen LogP) is 0.370. The van der Waals surface area contributed by atoms with E-state index in [0.717, 1.165) is 0 Å². The Hall–Kier alpha value is -4.02. The number of esters is 2. The number of methoxy groups -OCH3 is 2. The van der Waals surface area contributed by atoms with Crippen LogP contribution in [0.5, 0.6) is 0 Å². The van der Waals surface area contributed by atoms with Gasteiger partial charge in [-0.15, -0.1) is 22.1 Å². The monoisotopic (exact) mass is 555 g/mol. The van der Waals surface area contributed by atoms with Crippen molar-refractivity contribution >= 4 is 46.2 Å². The van der Waals surface area contributed by atoms with Gasteiger partial charge in [0.2, 0.25) is 0 Å². The largest absolute Gasteiger partial charge is 2.00 e. The van der Waals surface area contributed by atoms with Crippen molar-refractivity contribution in [2.24, 2.45) is 9.98 Å². The second kappa shape index (κ2) is 12.0. The number of aliphatic imine (C=N–C) groups is 2. The molecule has 0 fully saturated rings. The first kappa shape index (κ1) is 28.5. The quantitative estimate of drug-likeness (QED) is 0.225. The summed E-state index contributed by atoms with van der Waals surface area (Å²) < 4.78 is 9.88. The van der Waals surface area contributed by atoms with E-state index in [1.54, 1.807) is 54.8 Å². The minimum absolute atomic E-state index is 0. The summed E-state index contributed by atoms with van der Waals surface area (Å²) in [4.78, 5) is 42.8. The maximum atomic E-state index is 12.6. The molecule has 0 amide bonds. The van der Waals surface area contributed by atoms with Crippen LogP contribution in [0.4, 0.5) is 0 Å². The molecule has 11 heteroatoms. The van der Waals surface area contributed by atoms with Gasteiger partial charge in [-0.3, -0.25) is 4.99 Å². The number of aliphatic hydroxyl groups excluding tert-OH is 1. The van der Waals surface area contributed by atoms with E-state index in [9.17, 15) is 19.8 Å². The zero-order chi connectivity index (χ0) is 26.7. The number of hydrogen-bond donors (Lipinski definition) is 2. The molecule has 1 radical (unpaired) electrons. The molecule has 2 aliphatic rings. The SMILES string of the molecule is COC(=O)/C(=C1\C=CC=N1)c1ccc(/C(C)=C2/C=CC(C(/C(=O)OC)=c3/cc/c(=C(/C)C(O)O)[n-]3)=N2)[n-]1.[Mn+2]. The Morgan fingerprint density at radius 1 is 0.842 bits per heavy atom. The molecule has 2 aromatic heterocycles. The van der Waals surface area contributed by atoms with Gasteiger partial charge in [0.25, 0.3) is 0 Å². The molecule has 10 nitrogen and oxygen atoms in total. The van der Waals surface area contributed by atoms with Crippen LogP contribution in [-0.4, -0.2) is 54.6 Å². The summed E-state index contributed by atoms with van der Waals surface area (Å²) in [6.45, 7) is 3.36. The number of aromatic nitrogens is 2. The Balaban J connectivity index is 0.00000400. The third kappa shape index (κ3) is 5.61. The van der Waals surface area contributed by atoms with Gasteiger partial charge < -0.3 is 29.7 Å². The first-order valence-electron chi connectivity index (χ1n) is 11.2. The van der Waals surface area contributed by atoms with Gasteiger partial charge in [-0.2, -0.15) is 0 Å². The Kier molecular flexibility index (Phi) is 9.03. The Morgan fingerprint density at radius 3 is 2.13 bits per heavy atom. The van der Waals surface area contributed by atoms with Crippen molar-refractivity contribution in [1.29, 1.82) is 0 Å². The van der Waals surface area contributed by atoms with Crippen LogP contribution in [0.2, 0.25) is 0 Å². The minimum atomic E-state index is -1.67. The molecule has 2 aromatic rings. The Bertz CT molecular complexity index is 1570. The molecular formula is C27H24MnN4O6. The van der Waals surface area contributed by atoms with Crippen molar-refractivity contribution in [2.75, 3.05) is 14.2 Å². The Morgan fingerprint density at radius 2 is 1.50 bits per heavy atom. The summed E-state index contributed by atoms with van der Waals surface area (Å²) in [6, 6.07) is 6.64. The molecule has 0 atom stereocenters. The predicted molar refractivity (Wildman–Crippen MR) is 137 cm³/mol. The Labute approximate surface area is 228 Å². The second-order valence-electron chi connectivity index (χ2n) is 8.08. The van der Waals surface area contributed by atoms with Gasteiger partial charge in [0.1, 0.15) is 0 Å². The summed E-state index contributed by atoms with van der Waals surface area (Å²) in [5.74, 6) is -1.18. The molecule has 4 rings (SSSR count). The van der Waals surface area contributed by atoms with Crippen LogP contribution >= 0.6 is 0 Å². The van der Waals surface area contributed by atoms with Gasteiger partial charge in [0.15, 0.2) is 6.29 Å². The van der Waals surface area contributed by atoms with Gasteiger partial charge in [-0.1, -0.05) is 24.3 Å². The maximum Gasteiger partial charge on any atom is 2.00 e. The molecule has 0 saturated heterocycles. The minimum Gasteiger partial charge on any atom is -0.657 e. The van der Waals surface area contributed by atoms with Crippen LogP contribution in [0.15, 0.2) is 69.9 Å². The number of carbonyl (C=O) groups excluding carboxylic acids is 2. The van der Waals surface area contributed by atoms with E-state index >= 15 is 0 Å². The van der Waals surface area contributed by atoms with E-state index in [4.69, 9.17) is 9.47 Å². The van der Waals surface area contributed by atoms with Gasteiger partial charge in [-0.25, -0.2) is 14.6 Å². The molecule has 0 aromatic carbocycles. The normalized spacial score (nSPS) is 18.2. The number of carbonyl (C=O) groups is 2. The summed E-state index contributed by atoms with van der Waals surface area (Å²) in [6.07, 6.45) is 6.75. The van der Waals surface area contributed by atoms with Crippen LogP contribution in [-0.2, 0) is 36.1 Å². The van der Waals surface area contributed by atoms with E-state index < -0.39 is 18.2 Å². The smallest absolute Gasteiger partial charge is 0.657 e. The molecule has 0 bridgehead atoms. The van der Waals surface area contributed by atoms with E-state index in [2.05, 4.69) is 20.0 Å². The molecule has 195 valence electrons. The van der Waals surface area contributed by atoms with Gasteiger partial charge in [0, 0.05) is 6.21 Å². The molecule has 0 saturated carbocycles. The van der Waals surface area contributed by atoms with Crippen molar-refractivity contribution < 1.29 is 46.3 Å². The van der Waals surface area contributed by atoms with E-state index in [1.807, 2.05) is 6.92 Å². The fourth-order valence-electron chi connectivity index (χ4n) is 3.74. The zero-order valence-corrected chi connectivity index (χ0v) is 22.1. The summed E-state index contributed by atoms with van der Waals surface area (Å²) in [5, 5.41) is 19.5. The first-order valence-corrected chi connectivity index (χ1v) is 11.2. The number of nitrogens with zero attached hydrogens (tertiary/aromatic N) is 4. The number of rotatable bonds is 6. The number of aliphatic hydroxyl groups is 2. The molecule has 0 aliphatic carbocycles. The molecule has 4 heterocycles. The standard InChI is InChI=1S/C27H25N4O6.Mn/c1-14(16-7-10-20(29-16)23(26(34)36-3)19-6-5-13-28-19)17-8-11-21(30-17)24(27(35)37-4)22-12-9-18(31-22)15(2)25(32)33;/h5-13,25,32-33H,1-4H3,(H-,28,29,30,31,34,35);/q-1;+2/p-1/b18-15+;. The zero-order valence-electron chi connectivity index (χ0n) is 21.0. The number of ether oxygens (including phenoxy) is 2. The van der Waals surface area contributed by atoms with Crippen molar-refractivity contribution in [3.8, 4) is 0 Å². The number of allylic oxidation sites excluding steroid dienone is 5. The van der Waals surface area contributed by atoms with Gasteiger partial charge >= 0.3 is 29.0 Å². The molecule has 0 spiro atoms. The fourth-order valence-corrected chi connectivity index (χ4v) is 3.74. The average molecular weight is 555 g/mol. The van der Waals surface area contributed by atoms with Crippen LogP contribution in [0, 0.1) is 0 Å². The third-order valence-electron chi connectivity index (χ3n) is 5.84. The molecule has 2 N–H and O–H groups in total. The molecular weight excluding hydrogens is 531 g/mol. The van der Waals surface area contributed by atoms with E-state index in [-0.39, 0.29) is 39.1 Å². The van der Waals surface area contributed by atoms with Crippen molar-refractivity contribution in [3.05, 3.63) is 82.0 Å². The number of hydrogen-bond acceptors (Lipinski definition) is 8. The maximum absolute atomic E-state index is 12.6. The van der Waals surface area contributed by atoms with E-state index in [1.165, 1.54) is 21.1 Å². The topological polar surface area (TPSA) is 146 Å². The second-order valence-corrected chi connectivity index (χ2v) is 8.08. The molecule has 2 aliphatic heterocycles. The average Bonchev–Trinajstić information content (AvgIpc) is 3.71. The van der Waals surface area contributed by atoms with Crippen LogP contribution in [0.1, 0.15) is 25.2 Å². The first-order chi connectivity index (χ1) is 17.7. The molecule has 38 heavy (non-hydrogen) atoms. The van der Waals surface area contributed by atoms with Gasteiger partial charge in [-0.05, 0) is 49.3 Å². The van der Waals surface area contributed by atoms with Crippen molar-refractivity contribution in [3.63, 3.8) is 0 Å². The summed E-state index contributed by atoms with van der Waals surface area (Å²) >= 11 is 0. The summed E-state index contributed by atoms with van der Waals surface area (Å²) in [7, 11) is 2.56. The van der Waals surface area contributed by atoms with Crippen LogP contribution in [0.25, 0.3) is 22.3 Å². The summed E-state index contributed by atoms with van der Waals surface area (Å²) in [5.41, 5.74) is 3.70. The van der Waals surface area contributed by atoms with Crippen molar-refractivity contribution in [2.45, 2.75) is 20.1 Å².